The maximum Gasteiger partial charge on any atom is 0.326 e. The molecule has 1 unspecified atom stereocenters. The largest absolute Gasteiger partial charge is 0.480 e. The Kier molecular flexibility index (Phi) is 3.98. The first-order valence-electron chi connectivity index (χ1n) is 7.54. The van der Waals surface area contributed by atoms with Gasteiger partial charge in [-0.2, -0.15) is 0 Å². The van der Waals surface area contributed by atoms with E-state index in [1.807, 2.05) is 0 Å². The smallest absolute Gasteiger partial charge is 0.326 e. The SMILES string of the molecule is Cc1nc2cc(F)ccc2cc1C(=O)NC(CC1CC1)C(=O)O. The minimum absolute atomic E-state index is 0.311. The lowest BCUT2D eigenvalue weighted by Crippen LogP contribution is -2.41. The molecular formula is C17H17FN2O3. The van der Waals surface area contributed by atoms with Gasteiger partial charge in [0.05, 0.1) is 16.8 Å². The van der Waals surface area contributed by atoms with Crippen LogP contribution in [0.4, 0.5) is 4.39 Å². The van der Waals surface area contributed by atoms with Crippen LogP contribution in [-0.2, 0) is 4.79 Å². The third-order valence-corrected chi connectivity index (χ3v) is 4.08. The highest BCUT2D eigenvalue weighted by Gasteiger charge is 2.30. The van der Waals surface area contributed by atoms with Crippen molar-refractivity contribution in [2.75, 3.05) is 0 Å². The number of carbonyl (C=O) groups is 2. The Bertz CT molecular complexity index is 787. The average molecular weight is 316 g/mol. The molecule has 0 bridgehead atoms. The molecule has 1 aromatic heterocycles. The minimum atomic E-state index is -1.03. The van der Waals surface area contributed by atoms with Gasteiger partial charge in [-0.1, -0.05) is 12.8 Å². The molecule has 1 aliphatic rings. The second-order valence-corrected chi connectivity index (χ2v) is 6.00. The predicted molar refractivity (Wildman–Crippen MR) is 82.7 cm³/mol. The van der Waals surface area contributed by atoms with E-state index in [0.29, 0.717) is 34.5 Å². The molecule has 120 valence electrons. The van der Waals surface area contributed by atoms with Crippen molar-refractivity contribution in [1.29, 1.82) is 0 Å². The van der Waals surface area contributed by atoms with Crippen molar-refractivity contribution in [1.82, 2.24) is 10.3 Å². The number of halogens is 1. The normalized spacial score (nSPS) is 15.4. The number of amides is 1. The molecule has 1 saturated carbocycles. The number of nitrogens with zero attached hydrogens (tertiary/aromatic N) is 1. The van der Waals surface area contributed by atoms with Gasteiger partial charge >= 0.3 is 5.97 Å². The summed E-state index contributed by atoms with van der Waals surface area (Å²) < 4.78 is 13.2. The van der Waals surface area contributed by atoms with Gasteiger partial charge in [0.25, 0.3) is 5.91 Å². The van der Waals surface area contributed by atoms with Crippen molar-refractivity contribution in [3.63, 3.8) is 0 Å². The van der Waals surface area contributed by atoms with Gasteiger partial charge in [0.15, 0.2) is 0 Å². The lowest BCUT2D eigenvalue weighted by molar-refractivity contribution is -0.139. The first-order valence-corrected chi connectivity index (χ1v) is 7.54. The summed E-state index contributed by atoms with van der Waals surface area (Å²) in [4.78, 5) is 27.9. The number of rotatable bonds is 5. The molecule has 1 atom stereocenters. The summed E-state index contributed by atoms with van der Waals surface area (Å²) in [7, 11) is 0. The number of carboxylic acids is 1. The van der Waals surface area contributed by atoms with E-state index in [0.717, 1.165) is 12.8 Å². The van der Waals surface area contributed by atoms with Crippen molar-refractivity contribution in [3.05, 3.63) is 41.3 Å². The minimum Gasteiger partial charge on any atom is -0.480 e. The zero-order valence-corrected chi connectivity index (χ0v) is 12.7. The second-order valence-electron chi connectivity index (χ2n) is 6.00. The summed E-state index contributed by atoms with van der Waals surface area (Å²) in [6.07, 6.45) is 2.48. The molecule has 5 nitrogen and oxygen atoms in total. The quantitative estimate of drug-likeness (QED) is 0.889. The standard InChI is InChI=1S/C17H17FN2O3/c1-9-13(7-11-4-5-12(18)8-14(11)19-9)16(21)20-15(17(22)23)6-10-2-3-10/h4-5,7-8,10,15H,2-3,6H2,1H3,(H,20,21)(H,22,23). The van der Waals surface area contributed by atoms with E-state index in [1.54, 1.807) is 19.1 Å². The Hall–Kier alpha value is -2.50. The van der Waals surface area contributed by atoms with Crippen LogP contribution in [0.25, 0.3) is 10.9 Å². The number of carbonyl (C=O) groups excluding carboxylic acids is 1. The molecule has 6 heteroatoms. The van der Waals surface area contributed by atoms with Crippen molar-refractivity contribution in [3.8, 4) is 0 Å². The van der Waals surface area contributed by atoms with Gasteiger partial charge in [0.1, 0.15) is 11.9 Å². The van der Waals surface area contributed by atoms with Crippen LogP contribution in [-0.4, -0.2) is 28.0 Å². The van der Waals surface area contributed by atoms with Crippen LogP contribution in [0.1, 0.15) is 35.3 Å². The fourth-order valence-corrected chi connectivity index (χ4v) is 2.61. The van der Waals surface area contributed by atoms with Gasteiger partial charge in [0.2, 0.25) is 0 Å². The van der Waals surface area contributed by atoms with Crippen LogP contribution in [0.2, 0.25) is 0 Å². The van der Waals surface area contributed by atoms with Crippen molar-refractivity contribution in [2.45, 2.75) is 32.2 Å². The third-order valence-electron chi connectivity index (χ3n) is 4.08. The summed E-state index contributed by atoms with van der Waals surface area (Å²) in [5.74, 6) is -1.50. The van der Waals surface area contributed by atoms with Crippen LogP contribution >= 0.6 is 0 Å². The van der Waals surface area contributed by atoms with Gasteiger partial charge in [0, 0.05) is 11.5 Å². The topological polar surface area (TPSA) is 79.3 Å². The Labute approximate surface area is 132 Å². The lowest BCUT2D eigenvalue weighted by atomic mass is 10.1. The van der Waals surface area contributed by atoms with Crippen LogP contribution in [0, 0.1) is 18.7 Å². The molecule has 1 aromatic carbocycles. The first-order chi connectivity index (χ1) is 10.9. The van der Waals surface area contributed by atoms with E-state index in [9.17, 15) is 19.1 Å². The molecule has 1 heterocycles. The fraction of sp³-hybridized carbons (Fsp3) is 0.353. The lowest BCUT2D eigenvalue weighted by Gasteiger charge is -2.15. The maximum atomic E-state index is 13.2. The highest BCUT2D eigenvalue weighted by atomic mass is 19.1. The van der Waals surface area contributed by atoms with Gasteiger partial charge < -0.3 is 10.4 Å². The van der Waals surface area contributed by atoms with Gasteiger partial charge in [-0.05, 0) is 37.5 Å². The fourth-order valence-electron chi connectivity index (χ4n) is 2.61. The zero-order valence-electron chi connectivity index (χ0n) is 12.7. The molecule has 1 amide bonds. The molecule has 0 saturated heterocycles. The van der Waals surface area contributed by atoms with Gasteiger partial charge in [-0.25, -0.2) is 9.18 Å². The van der Waals surface area contributed by atoms with E-state index >= 15 is 0 Å². The monoisotopic (exact) mass is 316 g/mol. The van der Waals surface area contributed by atoms with E-state index in [1.165, 1.54) is 12.1 Å². The number of benzene rings is 1. The Morgan fingerprint density at radius 2 is 2.13 bits per heavy atom. The summed E-state index contributed by atoms with van der Waals surface area (Å²) in [6.45, 7) is 1.65. The number of aliphatic carboxylic acids is 1. The molecule has 2 aromatic rings. The zero-order chi connectivity index (χ0) is 16.6. The van der Waals surface area contributed by atoms with Crippen LogP contribution < -0.4 is 5.32 Å². The maximum absolute atomic E-state index is 13.2. The molecule has 1 fully saturated rings. The molecule has 0 aliphatic heterocycles. The Balaban J connectivity index is 1.85. The van der Waals surface area contributed by atoms with Crippen molar-refractivity contribution >= 4 is 22.8 Å². The molecule has 23 heavy (non-hydrogen) atoms. The van der Waals surface area contributed by atoms with Crippen LogP contribution in [0.5, 0.6) is 0 Å². The van der Waals surface area contributed by atoms with E-state index < -0.39 is 23.7 Å². The molecule has 2 N–H and O–H groups in total. The van der Waals surface area contributed by atoms with Gasteiger partial charge in [-0.3, -0.25) is 9.78 Å². The number of fused-ring (bicyclic) bond motifs is 1. The van der Waals surface area contributed by atoms with Crippen molar-refractivity contribution < 1.29 is 19.1 Å². The van der Waals surface area contributed by atoms with E-state index in [4.69, 9.17) is 0 Å². The molecular weight excluding hydrogens is 299 g/mol. The number of hydrogen-bond donors (Lipinski definition) is 2. The Morgan fingerprint density at radius 1 is 1.39 bits per heavy atom. The summed E-state index contributed by atoms with van der Waals surface area (Å²) in [5, 5.41) is 12.4. The van der Waals surface area contributed by atoms with Crippen LogP contribution in [0.3, 0.4) is 0 Å². The average Bonchev–Trinajstić information content (AvgIpc) is 3.29. The highest BCUT2D eigenvalue weighted by Crippen LogP contribution is 2.33. The first kappa shape index (κ1) is 15.4. The molecule has 3 rings (SSSR count). The van der Waals surface area contributed by atoms with Crippen LogP contribution in [0.15, 0.2) is 24.3 Å². The second kappa shape index (κ2) is 5.95. The highest BCUT2D eigenvalue weighted by molar-refractivity contribution is 6.00. The van der Waals surface area contributed by atoms with Crippen molar-refractivity contribution in [2.24, 2.45) is 5.92 Å². The predicted octanol–water partition coefficient (Wildman–Crippen LogP) is 2.67. The number of hydrogen-bond acceptors (Lipinski definition) is 3. The summed E-state index contributed by atoms with van der Waals surface area (Å²) in [5.41, 5.74) is 1.22. The van der Waals surface area contributed by atoms with E-state index in [2.05, 4.69) is 10.3 Å². The van der Waals surface area contributed by atoms with E-state index in [-0.39, 0.29) is 0 Å². The molecule has 0 radical (unpaired) electrons. The third kappa shape index (κ3) is 3.47. The summed E-state index contributed by atoms with van der Waals surface area (Å²) >= 11 is 0. The number of aryl methyl sites for hydroxylation is 1. The number of nitrogens with one attached hydrogen (secondary N) is 1. The number of pyridine rings is 1. The Morgan fingerprint density at radius 3 is 2.78 bits per heavy atom. The van der Waals surface area contributed by atoms with Gasteiger partial charge in [-0.15, -0.1) is 0 Å². The molecule has 1 aliphatic carbocycles. The number of carboxylic acid groups (broad SMARTS) is 1. The summed E-state index contributed by atoms with van der Waals surface area (Å²) in [6, 6.07) is 4.87. The molecule has 0 spiro atoms. The number of aromatic nitrogens is 1.